The summed E-state index contributed by atoms with van der Waals surface area (Å²) >= 11 is 6.17. The molecule has 0 unspecified atom stereocenters. The van der Waals surface area contributed by atoms with Crippen molar-refractivity contribution >= 4 is 23.4 Å². The number of aromatic nitrogens is 2. The highest BCUT2D eigenvalue weighted by Crippen LogP contribution is 2.24. The molecule has 27 heavy (non-hydrogen) atoms. The minimum absolute atomic E-state index is 0.0386. The van der Waals surface area contributed by atoms with Crippen molar-refractivity contribution in [1.29, 1.82) is 0 Å². The Morgan fingerprint density at radius 1 is 1.07 bits per heavy atom. The number of rotatable bonds is 4. The Hall–Kier alpha value is -2.34. The zero-order valence-corrected chi connectivity index (χ0v) is 16.0. The lowest BCUT2D eigenvalue weighted by atomic mass is 10.1. The van der Waals surface area contributed by atoms with E-state index in [4.69, 9.17) is 11.6 Å². The number of amides is 2. The molecule has 1 saturated heterocycles. The monoisotopic (exact) mass is 386 g/mol. The standard InChI is InChI=1S/C20H23ClN4O2/c21-15-8-2-1-7-14(15)13-22-19(26)18-23-17(16-9-3-4-12-25(16)18)20(27)24-10-5-6-11-24/h1-2,7-8H,3-6,9-13H2,(H,22,26). The van der Waals surface area contributed by atoms with Crippen LogP contribution in [0, 0.1) is 0 Å². The highest BCUT2D eigenvalue weighted by molar-refractivity contribution is 6.31. The molecular weight excluding hydrogens is 364 g/mol. The first kappa shape index (κ1) is 18.0. The van der Waals surface area contributed by atoms with E-state index in [1.165, 1.54) is 0 Å². The Balaban J connectivity index is 1.57. The summed E-state index contributed by atoms with van der Waals surface area (Å²) in [5.41, 5.74) is 2.21. The van der Waals surface area contributed by atoms with Gasteiger partial charge in [0.1, 0.15) is 5.69 Å². The number of nitrogens with zero attached hydrogens (tertiary/aromatic N) is 3. The van der Waals surface area contributed by atoms with Gasteiger partial charge in [0.15, 0.2) is 5.82 Å². The maximum absolute atomic E-state index is 12.9. The molecule has 2 aromatic rings. The van der Waals surface area contributed by atoms with Crippen molar-refractivity contribution in [1.82, 2.24) is 19.8 Å². The fourth-order valence-electron chi connectivity index (χ4n) is 3.85. The van der Waals surface area contributed by atoms with Crippen LogP contribution in [-0.2, 0) is 19.5 Å². The molecule has 2 aliphatic heterocycles. The zero-order valence-electron chi connectivity index (χ0n) is 15.2. The normalized spacial score (nSPS) is 16.3. The minimum Gasteiger partial charge on any atom is -0.345 e. The summed E-state index contributed by atoms with van der Waals surface area (Å²) in [6.07, 6.45) is 4.87. The quantitative estimate of drug-likeness (QED) is 0.878. The average Bonchev–Trinajstić information content (AvgIpc) is 3.35. The van der Waals surface area contributed by atoms with Gasteiger partial charge in [0, 0.05) is 31.2 Å². The minimum atomic E-state index is -0.265. The molecule has 0 atom stereocenters. The van der Waals surface area contributed by atoms with Crippen LogP contribution in [0.3, 0.4) is 0 Å². The Labute approximate surface area is 163 Å². The highest BCUT2D eigenvalue weighted by Gasteiger charge is 2.30. The average molecular weight is 387 g/mol. The van der Waals surface area contributed by atoms with Gasteiger partial charge in [-0.05, 0) is 43.7 Å². The summed E-state index contributed by atoms with van der Waals surface area (Å²) in [5, 5.41) is 3.51. The number of nitrogens with one attached hydrogen (secondary N) is 1. The van der Waals surface area contributed by atoms with Gasteiger partial charge in [0.05, 0.1) is 5.69 Å². The zero-order chi connectivity index (χ0) is 18.8. The molecule has 0 saturated carbocycles. The van der Waals surface area contributed by atoms with Gasteiger partial charge < -0.3 is 14.8 Å². The Morgan fingerprint density at radius 3 is 2.59 bits per heavy atom. The van der Waals surface area contributed by atoms with Crippen LogP contribution in [0.1, 0.15) is 58.0 Å². The molecule has 0 radical (unpaired) electrons. The Bertz CT molecular complexity index is 871. The predicted octanol–water partition coefficient (Wildman–Crippen LogP) is 3.04. The van der Waals surface area contributed by atoms with Gasteiger partial charge in [0.2, 0.25) is 0 Å². The first-order chi connectivity index (χ1) is 13.1. The van der Waals surface area contributed by atoms with E-state index in [9.17, 15) is 9.59 Å². The summed E-state index contributed by atoms with van der Waals surface area (Å²) in [4.78, 5) is 32.0. The first-order valence-corrected chi connectivity index (χ1v) is 9.93. The van der Waals surface area contributed by atoms with Gasteiger partial charge in [-0.15, -0.1) is 0 Å². The van der Waals surface area contributed by atoms with Crippen LogP contribution in [0.5, 0.6) is 0 Å². The van der Waals surface area contributed by atoms with Crippen molar-refractivity contribution < 1.29 is 9.59 Å². The molecule has 1 fully saturated rings. The number of benzene rings is 1. The summed E-state index contributed by atoms with van der Waals surface area (Å²) in [7, 11) is 0. The number of imidazole rings is 1. The number of hydrogen-bond acceptors (Lipinski definition) is 3. The molecule has 2 amide bonds. The lowest BCUT2D eigenvalue weighted by molar-refractivity contribution is 0.0786. The van der Waals surface area contributed by atoms with Gasteiger partial charge in [-0.1, -0.05) is 29.8 Å². The second kappa shape index (κ2) is 7.72. The smallest absolute Gasteiger partial charge is 0.287 e. The molecule has 142 valence electrons. The van der Waals surface area contributed by atoms with Crippen molar-refractivity contribution in [3.63, 3.8) is 0 Å². The number of hydrogen-bond donors (Lipinski definition) is 1. The second-order valence-electron chi connectivity index (χ2n) is 7.11. The molecule has 0 spiro atoms. The Morgan fingerprint density at radius 2 is 1.81 bits per heavy atom. The van der Waals surface area contributed by atoms with E-state index in [-0.39, 0.29) is 11.8 Å². The molecule has 7 heteroatoms. The molecule has 0 bridgehead atoms. The molecule has 4 rings (SSSR count). The SMILES string of the molecule is O=C(NCc1ccccc1Cl)c1nc(C(=O)N2CCCC2)c2n1CCCC2. The van der Waals surface area contributed by atoms with E-state index in [0.29, 0.717) is 23.1 Å². The molecule has 0 aliphatic carbocycles. The number of carbonyl (C=O) groups is 2. The summed E-state index contributed by atoms with van der Waals surface area (Å²) in [6.45, 7) is 2.61. The molecule has 1 aromatic carbocycles. The number of fused-ring (bicyclic) bond motifs is 1. The fraction of sp³-hybridized carbons (Fsp3) is 0.450. The van der Waals surface area contributed by atoms with E-state index in [0.717, 1.165) is 63.0 Å². The molecular formula is C20H23ClN4O2. The van der Waals surface area contributed by atoms with Gasteiger partial charge in [-0.25, -0.2) is 4.98 Å². The summed E-state index contributed by atoms with van der Waals surface area (Å²) < 4.78 is 1.93. The van der Waals surface area contributed by atoms with Crippen molar-refractivity contribution in [2.24, 2.45) is 0 Å². The van der Waals surface area contributed by atoms with Gasteiger partial charge in [0.25, 0.3) is 11.8 Å². The van der Waals surface area contributed by atoms with Crippen LogP contribution < -0.4 is 5.32 Å². The number of likely N-dealkylation sites (tertiary alicyclic amines) is 1. The predicted molar refractivity (Wildman–Crippen MR) is 103 cm³/mol. The lowest BCUT2D eigenvalue weighted by Crippen LogP contribution is -2.29. The van der Waals surface area contributed by atoms with Gasteiger partial charge in [-0.2, -0.15) is 0 Å². The van der Waals surface area contributed by atoms with E-state index < -0.39 is 0 Å². The van der Waals surface area contributed by atoms with E-state index in [2.05, 4.69) is 10.3 Å². The van der Waals surface area contributed by atoms with Crippen molar-refractivity contribution in [2.45, 2.75) is 45.2 Å². The van der Waals surface area contributed by atoms with Gasteiger partial charge >= 0.3 is 0 Å². The van der Waals surface area contributed by atoms with E-state index in [1.54, 1.807) is 6.07 Å². The van der Waals surface area contributed by atoms with Crippen molar-refractivity contribution in [2.75, 3.05) is 13.1 Å². The first-order valence-electron chi connectivity index (χ1n) is 9.55. The largest absolute Gasteiger partial charge is 0.345 e. The fourth-order valence-corrected chi connectivity index (χ4v) is 4.06. The maximum atomic E-state index is 12.9. The molecule has 6 nitrogen and oxygen atoms in total. The van der Waals surface area contributed by atoms with Crippen molar-refractivity contribution in [3.05, 3.63) is 52.1 Å². The summed E-state index contributed by atoms with van der Waals surface area (Å²) in [6, 6.07) is 7.42. The number of halogens is 1. The molecule has 1 N–H and O–H groups in total. The summed E-state index contributed by atoms with van der Waals surface area (Å²) in [5.74, 6) is 0.0288. The molecule has 1 aromatic heterocycles. The Kier molecular flexibility index (Phi) is 5.16. The van der Waals surface area contributed by atoms with Crippen LogP contribution in [-0.4, -0.2) is 39.4 Å². The third-order valence-corrected chi connectivity index (χ3v) is 5.68. The molecule has 3 heterocycles. The molecule has 2 aliphatic rings. The van der Waals surface area contributed by atoms with E-state index in [1.807, 2.05) is 27.7 Å². The maximum Gasteiger partial charge on any atom is 0.287 e. The second-order valence-corrected chi connectivity index (χ2v) is 7.52. The number of carbonyl (C=O) groups excluding carboxylic acids is 2. The van der Waals surface area contributed by atoms with E-state index >= 15 is 0 Å². The third-order valence-electron chi connectivity index (χ3n) is 5.31. The van der Waals surface area contributed by atoms with Crippen molar-refractivity contribution in [3.8, 4) is 0 Å². The van der Waals surface area contributed by atoms with Gasteiger partial charge in [-0.3, -0.25) is 9.59 Å². The topological polar surface area (TPSA) is 67.2 Å². The van der Waals surface area contributed by atoms with Crippen LogP contribution in [0.15, 0.2) is 24.3 Å². The highest BCUT2D eigenvalue weighted by atomic mass is 35.5. The van der Waals surface area contributed by atoms with Crippen LogP contribution in [0.4, 0.5) is 0 Å². The third kappa shape index (κ3) is 3.58. The van der Waals surface area contributed by atoms with Crippen LogP contribution in [0.25, 0.3) is 0 Å². The van der Waals surface area contributed by atoms with Crippen LogP contribution in [0.2, 0.25) is 5.02 Å². The lowest BCUT2D eigenvalue weighted by Gasteiger charge is -2.18. The van der Waals surface area contributed by atoms with Crippen LogP contribution >= 0.6 is 11.6 Å².